The lowest BCUT2D eigenvalue weighted by atomic mass is 10.4. The lowest BCUT2D eigenvalue weighted by Gasteiger charge is -2.20. The normalized spacial score (nSPS) is 16.1. The van der Waals surface area contributed by atoms with Crippen molar-refractivity contribution in [2.45, 2.75) is 12.8 Å². The maximum absolute atomic E-state index is 11.5. The van der Waals surface area contributed by atoms with Crippen molar-refractivity contribution in [2.75, 3.05) is 33.2 Å². The molecular weight excluding hydrogens is 182 g/mol. The van der Waals surface area contributed by atoms with E-state index in [0.717, 1.165) is 6.42 Å². The molecule has 14 heavy (non-hydrogen) atoms. The van der Waals surface area contributed by atoms with Crippen molar-refractivity contribution >= 4 is 11.8 Å². The Hall–Kier alpha value is -1.10. The standard InChI is InChI=1S/C9H17N3O2/c1-11(6-4-10)9(14)7-12-5-2-3-8(12)13/h2-7,10H2,1H3. The van der Waals surface area contributed by atoms with Crippen LogP contribution in [0.25, 0.3) is 0 Å². The van der Waals surface area contributed by atoms with Crippen LogP contribution in [0.1, 0.15) is 12.8 Å². The molecule has 0 aromatic heterocycles. The third kappa shape index (κ3) is 2.70. The van der Waals surface area contributed by atoms with Crippen molar-refractivity contribution in [3.63, 3.8) is 0 Å². The molecule has 0 radical (unpaired) electrons. The van der Waals surface area contributed by atoms with Crippen LogP contribution in [-0.2, 0) is 9.59 Å². The molecule has 5 heteroatoms. The largest absolute Gasteiger partial charge is 0.343 e. The van der Waals surface area contributed by atoms with Gasteiger partial charge in [-0.25, -0.2) is 0 Å². The predicted octanol–water partition coefficient (Wildman–Crippen LogP) is -0.974. The minimum Gasteiger partial charge on any atom is -0.343 e. The minimum absolute atomic E-state index is 0.0364. The van der Waals surface area contributed by atoms with Crippen LogP contribution >= 0.6 is 0 Å². The van der Waals surface area contributed by atoms with E-state index in [9.17, 15) is 9.59 Å². The van der Waals surface area contributed by atoms with Crippen molar-refractivity contribution in [3.05, 3.63) is 0 Å². The van der Waals surface area contributed by atoms with Gasteiger partial charge in [-0.2, -0.15) is 0 Å². The summed E-state index contributed by atoms with van der Waals surface area (Å²) in [5.41, 5.74) is 5.33. The molecule has 1 saturated heterocycles. The van der Waals surface area contributed by atoms with Gasteiger partial charge in [-0.05, 0) is 6.42 Å². The Balaban J connectivity index is 2.36. The number of carbonyl (C=O) groups excluding carboxylic acids is 2. The summed E-state index contributed by atoms with van der Waals surface area (Å²) in [5, 5.41) is 0. The molecule has 0 bridgehead atoms. The molecule has 0 atom stereocenters. The fraction of sp³-hybridized carbons (Fsp3) is 0.778. The first-order chi connectivity index (χ1) is 6.65. The number of nitrogens with zero attached hydrogens (tertiary/aromatic N) is 2. The van der Waals surface area contributed by atoms with Gasteiger partial charge in [0.15, 0.2) is 0 Å². The zero-order valence-corrected chi connectivity index (χ0v) is 8.53. The molecule has 1 rings (SSSR count). The van der Waals surface area contributed by atoms with E-state index in [1.54, 1.807) is 16.8 Å². The molecule has 1 heterocycles. The summed E-state index contributed by atoms with van der Waals surface area (Å²) in [7, 11) is 1.70. The lowest BCUT2D eigenvalue weighted by molar-refractivity contribution is -0.137. The molecule has 0 aromatic rings. The van der Waals surface area contributed by atoms with Crippen LogP contribution in [0, 0.1) is 0 Å². The molecule has 0 saturated carbocycles. The Morgan fingerprint density at radius 3 is 2.86 bits per heavy atom. The van der Waals surface area contributed by atoms with Gasteiger partial charge in [0.05, 0.1) is 6.54 Å². The van der Waals surface area contributed by atoms with Gasteiger partial charge in [-0.15, -0.1) is 0 Å². The van der Waals surface area contributed by atoms with Crippen LogP contribution in [0.5, 0.6) is 0 Å². The van der Waals surface area contributed by atoms with Gasteiger partial charge in [0.2, 0.25) is 11.8 Å². The molecule has 1 aliphatic rings. The third-order valence-corrected chi connectivity index (χ3v) is 2.39. The smallest absolute Gasteiger partial charge is 0.241 e. The molecule has 80 valence electrons. The van der Waals surface area contributed by atoms with Crippen LogP contribution < -0.4 is 5.73 Å². The fourth-order valence-corrected chi connectivity index (χ4v) is 1.47. The average Bonchev–Trinajstić information content (AvgIpc) is 2.52. The third-order valence-electron chi connectivity index (χ3n) is 2.39. The first-order valence-corrected chi connectivity index (χ1v) is 4.87. The molecule has 5 nitrogen and oxygen atoms in total. The second kappa shape index (κ2) is 4.95. The van der Waals surface area contributed by atoms with E-state index in [1.807, 2.05) is 0 Å². The number of hydrogen-bond acceptors (Lipinski definition) is 3. The van der Waals surface area contributed by atoms with Crippen LogP contribution in [-0.4, -0.2) is 54.8 Å². The van der Waals surface area contributed by atoms with Crippen molar-refractivity contribution in [1.29, 1.82) is 0 Å². The zero-order chi connectivity index (χ0) is 10.6. The number of likely N-dealkylation sites (tertiary alicyclic amines) is 1. The summed E-state index contributed by atoms with van der Waals surface area (Å²) in [6.07, 6.45) is 1.45. The van der Waals surface area contributed by atoms with E-state index in [-0.39, 0.29) is 18.4 Å². The van der Waals surface area contributed by atoms with Crippen molar-refractivity contribution < 1.29 is 9.59 Å². The van der Waals surface area contributed by atoms with E-state index in [0.29, 0.717) is 26.1 Å². The number of nitrogens with two attached hydrogens (primary N) is 1. The van der Waals surface area contributed by atoms with Gasteiger partial charge >= 0.3 is 0 Å². The van der Waals surface area contributed by atoms with E-state index in [2.05, 4.69) is 0 Å². The lowest BCUT2D eigenvalue weighted by Crippen LogP contribution is -2.40. The van der Waals surface area contributed by atoms with Crippen LogP contribution in [0.2, 0.25) is 0 Å². The van der Waals surface area contributed by atoms with E-state index >= 15 is 0 Å². The Kier molecular flexibility index (Phi) is 3.88. The van der Waals surface area contributed by atoms with E-state index < -0.39 is 0 Å². The van der Waals surface area contributed by atoms with Gasteiger partial charge in [0.1, 0.15) is 0 Å². The van der Waals surface area contributed by atoms with Crippen molar-refractivity contribution in [1.82, 2.24) is 9.80 Å². The SMILES string of the molecule is CN(CCN)C(=O)CN1CCCC1=O. The summed E-state index contributed by atoms with van der Waals surface area (Å²) in [4.78, 5) is 25.9. The maximum Gasteiger partial charge on any atom is 0.241 e. The van der Waals surface area contributed by atoms with Gasteiger partial charge in [-0.3, -0.25) is 9.59 Å². The quantitative estimate of drug-likeness (QED) is 0.633. The molecule has 0 aromatic carbocycles. The zero-order valence-electron chi connectivity index (χ0n) is 8.53. The highest BCUT2D eigenvalue weighted by molar-refractivity contribution is 5.85. The van der Waals surface area contributed by atoms with Gasteiger partial charge in [0.25, 0.3) is 0 Å². The number of amides is 2. The Labute approximate surface area is 83.8 Å². The Morgan fingerprint density at radius 2 is 2.36 bits per heavy atom. The predicted molar refractivity (Wildman–Crippen MR) is 52.5 cm³/mol. The summed E-state index contributed by atoms with van der Waals surface area (Å²) >= 11 is 0. The fourth-order valence-electron chi connectivity index (χ4n) is 1.47. The molecule has 0 unspecified atom stereocenters. The second-order valence-corrected chi connectivity index (χ2v) is 3.52. The number of likely N-dealkylation sites (N-methyl/N-ethyl adjacent to an activating group) is 1. The average molecular weight is 199 g/mol. The molecule has 1 fully saturated rings. The first kappa shape index (κ1) is 11.0. The highest BCUT2D eigenvalue weighted by Gasteiger charge is 2.23. The van der Waals surface area contributed by atoms with E-state index in [4.69, 9.17) is 5.73 Å². The molecule has 2 amide bonds. The first-order valence-electron chi connectivity index (χ1n) is 4.87. The number of hydrogen-bond donors (Lipinski definition) is 1. The maximum atomic E-state index is 11.5. The number of carbonyl (C=O) groups is 2. The summed E-state index contributed by atoms with van der Waals surface area (Å²) < 4.78 is 0. The molecule has 1 aliphatic heterocycles. The van der Waals surface area contributed by atoms with Gasteiger partial charge in [-0.1, -0.05) is 0 Å². The highest BCUT2D eigenvalue weighted by Crippen LogP contribution is 2.08. The summed E-state index contributed by atoms with van der Waals surface area (Å²) in [6.45, 7) is 1.91. The summed E-state index contributed by atoms with van der Waals surface area (Å²) in [5.74, 6) is 0.0465. The topological polar surface area (TPSA) is 66.6 Å². The Bertz CT molecular complexity index is 230. The Morgan fingerprint density at radius 1 is 1.64 bits per heavy atom. The van der Waals surface area contributed by atoms with Gasteiger partial charge in [0, 0.05) is 33.1 Å². The van der Waals surface area contributed by atoms with Crippen molar-refractivity contribution in [3.8, 4) is 0 Å². The number of rotatable bonds is 4. The van der Waals surface area contributed by atoms with Crippen LogP contribution in [0.4, 0.5) is 0 Å². The monoisotopic (exact) mass is 199 g/mol. The van der Waals surface area contributed by atoms with Crippen LogP contribution in [0.15, 0.2) is 0 Å². The van der Waals surface area contributed by atoms with Crippen molar-refractivity contribution in [2.24, 2.45) is 5.73 Å². The van der Waals surface area contributed by atoms with E-state index in [1.165, 1.54) is 0 Å². The second-order valence-electron chi connectivity index (χ2n) is 3.52. The molecule has 0 spiro atoms. The van der Waals surface area contributed by atoms with Gasteiger partial charge < -0.3 is 15.5 Å². The molecule has 0 aliphatic carbocycles. The minimum atomic E-state index is -0.0364. The summed E-state index contributed by atoms with van der Waals surface area (Å²) in [6, 6.07) is 0. The molecule has 2 N–H and O–H groups in total. The highest BCUT2D eigenvalue weighted by atomic mass is 16.2. The molecular formula is C9H17N3O2. The van der Waals surface area contributed by atoms with Crippen LogP contribution in [0.3, 0.4) is 0 Å².